The number of hydrogen-bond donors (Lipinski definition) is 1. The molecular weight excluding hydrogens is 352 g/mol. The molecule has 0 bridgehead atoms. The van der Waals surface area contributed by atoms with Gasteiger partial charge < -0.3 is 9.73 Å². The number of furan rings is 1. The summed E-state index contributed by atoms with van der Waals surface area (Å²) in [6.45, 7) is 0. The van der Waals surface area contributed by atoms with E-state index in [-0.39, 0.29) is 11.7 Å². The second kappa shape index (κ2) is 6.74. The van der Waals surface area contributed by atoms with Crippen LogP contribution in [0, 0.1) is 0 Å². The molecule has 0 saturated heterocycles. The fraction of sp³-hybridized carbons (Fsp3) is 0.0526. The van der Waals surface area contributed by atoms with Crippen LogP contribution in [-0.2, 0) is 0 Å². The number of para-hydroxylation sites is 2. The van der Waals surface area contributed by atoms with E-state index in [1.165, 1.54) is 0 Å². The lowest BCUT2D eigenvalue weighted by Crippen LogP contribution is -2.11. The zero-order chi connectivity index (χ0) is 17.2. The number of carbonyl (C=O) groups is 1. The number of thiazole rings is 1. The van der Waals surface area contributed by atoms with Crippen LogP contribution < -0.4 is 5.32 Å². The van der Waals surface area contributed by atoms with Gasteiger partial charge in [0.15, 0.2) is 16.5 Å². The monoisotopic (exact) mass is 366 g/mol. The molecule has 6 heteroatoms. The summed E-state index contributed by atoms with van der Waals surface area (Å²) in [5.74, 6) is 0.600. The van der Waals surface area contributed by atoms with Crippen LogP contribution in [-0.4, -0.2) is 17.1 Å². The maximum Gasteiger partial charge on any atom is 0.291 e. The third-order valence-corrected chi connectivity index (χ3v) is 5.54. The third kappa shape index (κ3) is 3.18. The lowest BCUT2D eigenvalue weighted by Gasteiger charge is -2.07. The predicted octanol–water partition coefficient (Wildman–Crippen LogP) is 5.53. The van der Waals surface area contributed by atoms with Crippen LogP contribution in [0.1, 0.15) is 10.6 Å². The molecule has 4 rings (SSSR count). The highest BCUT2D eigenvalue weighted by Crippen LogP contribution is 2.31. The normalized spacial score (nSPS) is 10.9. The van der Waals surface area contributed by atoms with Gasteiger partial charge in [0, 0.05) is 4.90 Å². The Morgan fingerprint density at radius 3 is 2.72 bits per heavy atom. The summed E-state index contributed by atoms with van der Waals surface area (Å²) < 4.78 is 6.83. The van der Waals surface area contributed by atoms with E-state index in [0.717, 1.165) is 25.8 Å². The Labute approximate surface area is 152 Å². The van der Waals surface area contributed by atoms with Crippen molar-refractivity contribution in [3.63, 3.8) is 0 Å². The average Bonchev–Trinajstić information content (AvgIpc) is 3.29. The number of benzene rings is 2. The fourth-order valence-electron chi connectivity index (χ4n) is 2.48. The zero-order valence-corrected chi connectivity index (χ0v) is 15.0. The summed E-state index contributed by atoms with van der Waals surface area (Å²) in [7, 11) is 0. The van der Waals surface area contributed by atoms with Crippen molar-refractivity contribution in [2.24, 2.45) is 0 Å². The number of amides is 1. The molecule has 0 saturated carbocycles. The number of nitrogens with zero attached hydrogens (tertiary/aromatic N) is 1. The van der Waals surface area contributed by atoms with Gasteiger partial charge >= 0.3 is 0 Å². The molecule has 1 N–H and O–H groups in total. The number of thioether (sulfide) groups is 1. The molecule has 0 spiro atoms. The molecule has 124 valence electrons. The maximum absolute atomic E-state index is 12.5. The second-order valence-electron chi connectivity index (χ2n) is 5.31. The minimum Gasteiger partial charge on any atom is -0.448 e. The number of hydrogen-bond acceptors (Lipinski definition) is 5. The smallest absolute Gasteiger partial charge is 0.291 e. The van der Waals surface area contributed by atoms with E-state index in [2.05, 4.69) is 10.3 Å². The molecule has 1 amide bonds. The molecule has 0 unspecified atom stereocenters. The molecule has 0 aliphatic rings. The van der Waals surface area contributed by atoms with Crippen molar-refractivity contribution >= 4 is 44.9 Å². The van der Waals surface area contributed by atoms with Gasteiger partial charge in [-0.15, -0.1) is 23.1 Å². The van der Waals surface area contributed by atoms with Gasteiger partial charge in [0.05, 0.1) is 15.9 Å². The van der Waals surface area contributed by atoms with Crippen LogP contribution >= 0.6 is 23.1 Å². The van der Waals surface area contributed by atoms with Crippen LogP contribution in [0.5, 0.6) is 0 Å². The van der Waals surface area contributed by atoms with Crippen molar-refractivity contribution in [1.82, 2.24) is 4.98 Å². The Morgan fingerprint density at radius 2 is 1.88 bits per heavy atom. The van der Waals surface area contributed by atoms with Crippen molar-refractivity contribution in [3.8, 4) is 10.8 Å². The molecule has 0 atom stereocenters. The van der Waals surface area contributed by atoms with Crippen molar-refractivity contribution in [3.05, 3.63) is 66.4 Å². The SMILES string of the molecule is CSc1ccccc1NC(=O)c1ccc(-c2nc3ccccc3s2)o1. The van der Waals surface area contributed by atoms with E-state index < -0.39 is 0 Å². The van der Waals surface area contributed by atoms with E-state index >= 15 is 0 Å². The van der Waals surface area contributed by atoms with E-state index in [9.17, 15) is 4.79 Å². The minimum atomic E-state index is -0.270. The standard InChI is InChI=1S/C19H14N2O2S2/c1-24-16-8-4-2-6-12(16)20-18(22)14-10-11-15(23-14)19-21-13-7-3-5-9-17(13)25-19/h2-11H,1H3,(H,20,22). The lowest BCUT2D eigenvalue weighted by molar-refractivity contribution is 0.0997. The Balaban J connectivity index is 1.59. The zero-order valence-electron chi connectivity index (χ0n) is 13.4. The Hall–Kier alpha value is -2.57. The van der Waals surface area contributed by atoms with Crippen LogP contribution in [0.15, 0.2) is 70.0 Å². The lowest BCUT2D eigenvalue weighted by atomic mass is 10.3. The largest absolute Gasteiger partial charge is 0.448 e. The van der Waals surface area contributed by atoms with Gasteiger partial charge in [-0.3, -0.25) is 4.79 Å². The Morgan fingerprint density at radius 1 is 1.08 bits per heavy atom. The van der Waals surface area contributed by atoms with E-state index in [0.29, 0.717) is 5.76 Å². The minimum absolute atomic E-state index is 0.269. The Bertz CT molecular complexity index is 1020. The molecule has 2 aromatic heterocycles. The number of fused-ring (bicyclic) bond motifs is 1. The van der Waals surface area contributed by atoms with Gasteiger partial charge in [-0.1, -0.05) is 24.3 Å². The van der Waals surface area contributed by atoms with Crippen LogP contribution in [0.3, 0.4) is 0 Å². The number of anilines is 1. The molecule has 4 aromatic rings. The molecule has 0 fully saturated rings. The molecule has 2 heterocycles. The van der Waals surface area contributed by atoms with Crippen LogP contribution in [0.4, 0.5) is 5.69 Å². The van der Waals surface area contributed by atoms with E-state index in [1.807, 2.05) is 54.8 Å². The van der Waals surface area contributed by atoms with Gasteiger partial charge in [-0.05, 0) is 42.7 Å². The van der Waals surface area contributed by atoms with Crippen molar-refractivity contribution in [1.29, 1.82) is 0 Å². The summed E-state index contributed by atoms with van der Waals surface area (Å²) in [6.07, 6.45) is 1.98. The molecular formula is C19H14N2O2S2. The quantitative estimate of drug-likeness (QED) is 0.482. The second-order valence-corrected chi connectivity index (χ2v) is 7.18. The number of rotatable bonds is 4. The highest BCUT2D eigenvalue weighted by Gasteiger charge is 2.16. The van der Waals surface area contributed by atoms with Crippen molar-refractivity contribution < 1.29 is 9.21 Å². The van der Waals surface area contributed by atoms with Crippen LogP contribution in [0.2, 0.25) is 0 Å². The van der Waals surface area contributed by atoms with Gasteiger partial charge in [0.1, 0.15) is 0 Å². The predicted molar refractivity (Wildman–Crippen MR) is 103 cm³/mol. The third-order valence-electron chi connectivity index (χ3n) is 3.69. The first-order chi connectivity index (χ1) is 12.2. The van der Waals surface area contributed by atoms with Crippen molar-refractivity contribution in [2.75, 3.05) is 11.6 Å². The molecule has 25 heavy (non-hydrogen) atoms. The molecule has 0 radical (unpaired) electrons. The van der Waals surface area contributed by atoms with Gasteiger partial charge in [-0.25, -0.2) is 4.98 Å². The highest BCUT2D eigenvalue weighted by molar-refractivity contribution is 7.98. The summed E-state index contributed by atoms with van der Waals surface area (Å²) in [4.78, 5) is 18.0. The first-order valence-electron chi connectivity index (χ1n) is 7.65. The highest BCUT2D eigenvalue weighted by atomic mass is 32.2. The summed E-state index contributed by atoms with van der Waals surface area (Å²) in [6, 6.07) is 19.1. The molecule has 0 aliphatic heterocycles. The van der Waals surface area contributed by atoms with E-state index in [1.54, 1.807) is 35.2 Å². The van der Waals surface area contributed by atoms with Crippen LogP contribution in [0.25, 0.3) is 21.0 Å². The van der Waals surface area contributed by atoms with Gasteiger partial charge in [-0.2, -0.15) is 0 Å². The first kappa shape index (κ1) is 15.9. The summed E-state index contributed by atoms with van der Waals surface area (Å²) in [5.41, 5.74) is 1.71. The average molecular weight is 366 g/mol. The fourth-order valence-corrected chi connectivity index (χ4v) is 3.97. The van der Waals surface area contributed by atoms with Gasteiger partial charge in [0.2, 0.25) is 0 Å². The number of aromatic nitrogens is 1. The molecule has 4 nitrogen and oxygen atoms in total. The first-order valence-corrected chi connectivity index (χ1v) is 9.69. The molecule has 2 aromatic carbocycles. The topological polar surface area (TPSA) is 55.1 Å². The summed E-state index contributed by atoms with van der Waals surface area (Å²) >= 11 is 3.13. The maximum atomic E-state index is 12.5. The number of nitrogens with one attached hydrogen (secondary N) is 1. The molecule has 0 aliphatic carbocycles. The van der Waals surface area contributed by atoms with E-state index in [4.69, 9.17) is 4.42 Å². The Kier molecular flexibility index (Phi) is 4.29. The van der Waals surface area contributed by atoms with Gasteiger partial charge in [0.25, 0.3) is 5.91 Å². The van der Waals surface area contributed by atoms with Crippen molar-refractivity contribution in [2.45, 2.75) is 4.90 Å². The number of carbonyl (C=O) groups excluding carboxylic acids is 1. The summed E-state index contributed by atoms with van der Waals surface area (Å²) in [5, 5.41) is 3.67.